The van der Waals surface area contributed by atoms with Gasteiger partial charge in [0, 0.05) is 5.69 Å². The zero-order chi connectivity index (χ0) is 16.2. The SMILES string of the molecule is CSc1nnc(SCC(=O)Nc2ccc(C(F)(F)F)cc2)s1. The molecule has 1 N–H and O–H groups in total. The number of carbonyl (C=O) groups is 1. The number of hydrogen-bond acceptors (Lipinski definition) is 6. The van der Waals surface area contributed by atoms with Gasteiger partial charge in [0.05, 0.1) is 11.3 Å². The van der Waals surface area contributed by atoms with E-state index in [2.05, 4.69) is 15.5 Å². The molecule has 0 radical (unpaired) electrons. The van der Waals surface area contributed by atoms with E-state index >= 15 is 0 Å². The lowest BCUT2D eigenvalue weighted by atomic mass is 10.2. The molecule has 0 aliphatic rings. The van der Waals surface area contributed by atoms with Crippen LogP contribution < -0.4 is 5.32 Å². The van der Waals surface area contributed by atoms with Crippen molar-refractivity contribution < 1.29 is 18.0 Å². The summed E-state index contributed by atoms with van der Waals surface area (Å²) in [6, 6.07) is 4.31. The van der Waals surface area contributed by atoms with Crippen molar-refractivity contribution >= 4 is 46.5 Å². The minimum absolute atomic E-state index is 0.115. The summed E-state index contributed by atoms with van der Waals surface area (Å²) in [7, 11) is 0. The van der Waals surface area contributed by atoms with E-state index in [9.17, 15) is 18.0 Å². The van der Waals surface area contributed by atoms with Gasteiger partial charge in [-0.25, -0.2) is 0 Å². The molecule has 0 fully saturated rings. The quantitative estimate of drug-likeness (QED) is 0.812. The van der Waals surface area contributed by atoms with Gasteiger partial charge in [-0.05, 0) is 30.5 Å². The highest BCUT2D eigenvalue weighted by atomic mass is 32.2. The summed E-state index contributed by atoms with van der Waals surface area (Å²) in [5.74, 6) is -0.199. The average molecular weight is 365 g/mol. The number of hydrogen-bond donors (Lipinski definition) is 1. The maximum atomic E-state index is 12.4. The van der Waals surface area contributed by atoms with Gasteiger partial charge in [-0.1, -0.05) is 34.9 Å². The van der Waals surface area contributed by atoms with Crippen LogP contribution in [0.15, 0.2) is 32.9 Å². The smallest absolute Gasteiger partial charge is 0.325 e. The van der Waals surface area contributed by atoms with Crippen LogP contribution in [0.4, 0.5) is 18.9 Å². The Morgan fingerprint density at radius 2 is 1.86 bits per heavy atom. The van der Waals surface area contributed by atoms with Gasteiger partial charge in [-0.3, -0.25) is 4.79 Å². The second kappa shape index (κ2) is 7.34. The first-order valence-corrected chi connectivity index (χ1v) is 8.88. The normalized spacial score (nSPS) is 11.5. The standard InChI is InChI=1S/C12H10F3N3OS3/c1-20-10-17-18-11(22-10)21-6-9(19)16-8-4-2-7(3-5-8)12(13,14)15/h2-5H,6H2,1H3,(H,16,19). The molecule has 1 aromatic carbocycles. The first-order valence-electron chi connectivity index (χ1n) is 5.86. The third kappa shape index (κ3) is 4.89. The molecule has 1 amide bonds. The summed E-state index contributed by atoms with van der Waals surface area (Å²) < 4.78 is 38.7. The van der Waals surface area contributed by atoms with Crippen molar-refractivity contribution in [2.45, 2.75) is 14.9 Å². The summed E-state index contributed by atoms with van der Waals surface area (Å²) in [4.78, 5) is 11.7. The molecule has 0 aliphatic heterocycles. The number of alkyl halides is 3. The molecule has 0 saturated heterocycles. The van der Waals surface area contributed by atoms with Crippen molar-refractivity contribution in [3.8, 4) is 0 Å². The first kappa shape index (κ1) is 17.1. The van der Waals surface area contributed by atoms with Crippen molar-refractivity contribution in [3.05, 3.63) is 29.8 Å². The van der Waals surface area contributed by atoms with E-state index < -0.39 is 11.7 Å². The number of benzene rings is 1. The molecule has 1 heterocycles. The Morgan fingerprint density at radius 3 is 2.41 bits per heavy atom. The van der Waals surface area contributed by atoms with E-state index in [0.29, 0.717) is 10.0 Å². The van der Waals surface area contributed by atoms with E-state index in [1.54, 1.807) is 0 Å². The molecular weight excluding hydrogens is 355 g/mol. The Morgan fingerprint density at radius 1 is 1.23 bits per heavy atom. The number of carbonyl (C=O) groups excluding carboxylic acids is 1. The fourth-order valence-electron chi connectivity index (χ4n) is 1.40. The minimum Gasteiger partial charge on any atom is -0.325 e. The lowest BCUT2D eigenvalue weighted by Gasteiger charge is -2.08. The van der Waals surface area contributed by atoms with Gasteiger partial charge in [0.25, 0.3) is 0 Å². The predicted molar refractivity (Wildman–Crippen MR) is 82.5 cm³/mol. The molecule has 22 heavy (non-hydrogen) atoms. The Labute approximate surface area is 136 Å². The third-order valence-corrected chi connectivity index (χ3v) is 5.42. The van der Waals surface area contributed by atoms with Crippen LogP contribution in [0.1, 0.15) is 5.56 Å². The van der Waals surface area contributed by atoms with Gasteiger partial charge in [0.2, 0.25) is 5.91 Å². The Kier molecular flexibility index (Phi) is 5.70. The van der Waals surface area contributed by atoms with Crippen molar-refractivity contribution in [1.29, 1.82) is 0 Å². The van der Waals surface area contributed by atoms with Crippen LogP contribution in [0.3, 0.4) is 0 Å². The van der Waals surface area contributed by atoms with E-state index in [1.807, 2.05) is 6.26 Å². The monoisotopic (exact) mass is 365 g/mol. The van der Waals surface area contributed by atoms with Crippen molar-refractivity contribution in [2.75, 3.05) is 17.3 Å². The van der Waals surface area contributed by atoms with Crippen LogP contribution in [-0.2, 0) is 11.0 Å². The number of rotatable bonds is 5. The van der Waals surface area contributed by atoms with E-state index in [4.69, 9.17) is 0 Å². The van der Waals surface area contributed by atoms with Crippen LogP contribution in [0.5, 0.6) is 0 Å². The second-order valence-corrected chi connectivity index (χ2v) is 7.20. The molecule has 118 valence electrons. The lowest BCUT2D eigenvalue weighted by Crippen LogP contribution is -2.14. The molecule has 2 aromatic rings. The molecule has 2 rings (SSSR count). The number of halogens is 3. The van der Waals surface area contributed by atoms with Gasteiger partial charge in [-0.15, -0.1) is 10.2 Å². The number of amides is 1. The summed E-state index contributed by atoms with van der Waals surface area (Å²) in [5, 5.41) is 10.3. The topological polar surface area (TPSA) is 54.9 Å². The molecule has 0 bridgehead atoms. The van der Waals surface area contributed by atoms with Gasteiger partial charge in [-0.2, -0.15) is 13.2 Å². The van der Waals surface area contributed by atoms with Crippen LogP contribution >= 0.6 is 34.9 Å². The van der Waals surface area contributed by atoms with Crippen LogP contribution in [0.25, 0.3) is 0 Å². The van der Waals surface area contributed by atoms with Gasteiger partial charge in [0.1, 0.15) is 0 Å². The summed E-state index contributed by atoms with van der Waals surface area (Å²) in [6.07, 6.45) is -2.50. The van der Waals surface area contributed by atoms with E-state index in [1.165, 1.54) is 47.0 Å². The van der Waals surface area contributed by atoms with Crippen LogP contribution in [0, 0.1) is 0 Å². The summed E-state index contributed by atoms with van der Waals surface area (Å²) in [5.41, 5.74) is -0.431. The molecule has 0 spiro atoms. The minimum atomic E-state index is -4.38. The molecule has 0 aliphatic carbocycles. The lowest BCUT2D eigenvalue weighted by molar-refractivity contribution is -0.137. The highest BCUT2D eigenvalue weighted by Crippen LogP contribution is 2.30. The number of anilines is 1. The molecule has 0 atom stereocenters. The average Bonchev–Trinajstić information content (AvgIpc) is 2.93. The van der Waals surface area contributed by atoms with Crippen molar-refractivity contribution in [3.63, 3.8) is 0 Å². The van der Waals surface area contributed by atoms with Crippen molar-refractivity contribution in [2.24, 2.45) is 0 Å². The number of aromatic nitrogens is 2. The largest absolute Gasteiger partial charge is 0.416 e. The van der Waals surface area contributed by atoms with E-state index in [-0.39, 0.29) is 11.7 Å². The molecule has 0 unspecified atom stereocenters. The highest BCUT2D eigenvalue weighted by molar-refractivity contribution is 8.03. The number of thioether (sulfide) groups is 2. The summed E-state index contributed by atoms with van der Waals surface area (Å²) >= 11 is 4.08. The molecule has 1 aromatic heterocycles. The van der Waals surface area contributed by atoms with Crippen molar-refractivity contribution in [1.82, 2.24) is 10.2 Å². The zero-order valence-electron chi connectivity index (χ0n) is 11.2. The molecule has 10 heteroatoms. The highest BCUT2D eigenvalue weighted by Gasteiger charge is 2.29. The Bertz CT molecular complexity index is 643. The Hall–Kier alpha value is -1.26. The van der Waals surface area contributed by atoms with Gasteiger partial charge < -0.3 is 5.32 Å². The Balaban J connectivity index is 1.86. The van der Waals surface area contributed by atoms with Gasteiger partial charge >= 0.3 is 6.18 Å². The first-order chi connectivity index (χ1) is 10.4. The van der Waals surface area contributed by atoms with Gasteiger partial charge in [0.15, 0.2) is 8.68 Å². The molecular formula is C12H10F3N3OS3. The third-order valence-electron chi connectivity index (χ3n) is 2.39. The maximum Gasteiger partial charge on any atom is 0.416 e. The van der Waals surface area contributed by atoms with Crippen LogP contribution in [0.2, 0.25) is 0 Å². The predicted octanol–water partition coefficient (Wildman–Crippen LogP) is 4.01. The number of nitrogens with zero attached hydrogens (tertiary/aromatic N) is 2. The fourth-order valence-corrected chi connectivity index (χ4v) is 3.64. The molecule has 0 saturated carbocycles. The van der Waals surface area contributed by atoms with E-state index in [0.717, 1.165) is 16.5 Å². The summed E-state index contributed by atoms with van der Waals surface area (Å²) in [6.45, 7) is 0. The number of nitrogens with one attached hydrogen (secondary N) is 1. The van der Waals surface area contributed by atoms with Crippen LogP contribution in [-0.4, -0.2) is 28.1 Å². The fraction of sp³-hybridized carbons (Fsp3) is 0.250. The second-order valence-electron chi connectivity index (χ2n) is 3.95. The maximum absolute atomic E-state index is 12.4. The molecule has 4 nitrogen and oxygen atoms in total. The zero-order valence-corrected chi connectivity index (χ0v) is 13.6.